The highest BCUT2D eigenvalue weighted by molar-refractivity contribution is 9.10. The summed E-state index contributed by atoms with van der Waals surface area (Å²) in [5.41, 5.74) is 8.74. The zero-order chi connectivity index (χ0) is 8.55. The van der Waals surface area contributed by atoms with Crippen molar-refractivity contribution in [2.24, 2.45) is 5.73 Å². The minimum absolute atomic E-state index is 0. The highest BCUT2D eigenvalue weighted by atomic mass is 79.9. The Morgan fingerprint density at radius 3 is 2.92 bits per heavy atom. The molecule has 1 atom stereocenters. The van der Waals surface area contributed by atoms with Crippen molar-refractivity contribution in [3.8, 4) is 0 Å². The van der Waals surface area contributed by atoms with E-state index in [1.54, 1.807) is 0 Å². The van der Waals surface area contributed by atoms with Crippen molar-refractivity contribution in [2.45, 2.75) is 25.3 Å². The van der Waals surface area contributed by atoms with E-state index in [1.165, 1.54) is 24.0 Å². The second-order valence-electron chi connectivity index (χ2n) is 3.34. The summed E-state index contributed by atoms with van der Waals surface area (Å²) in [5.74, 6) is 0. The number of fused-ring (bicyclic) bond motifs is 1. The van der Waals surface area contributed by atoms with Gasteiger partial charge in [0.2, 0.25) is 0 Å². The molecule has 2 N–H and O–H groups in total. The van der Waals surface area contributed by atoms with E-state index in [4.69, 9.17) is 5.73 Å². The maximum Gasteiger partial charge on any atom is 0.0297 e. The van der Waals surface area contributed by atoms with Crippen molar-refractivity contribution in [2.75, 3.05) is 0 Å². The molecule has 1 aliphatic rings. The summed E-state index contributed by atoms with van der Waals surface area (Å²) in [6, 6.07) is 6.67. The van der Waals surface area contributed by atoms with E-state index in [-0.39, 0.29) is 18.4 Å². The molecule has 1 nitrogen and oxygen atoms in total. The number of halogens is 2. The Morgan fingerprint density at radius 2 is 2.15 bits per heavy atom. The molecule has 13 heavy (non-hydrogen) atoms. The zero-order valence-electron chi connectivity index (χ0n) is 7.29. The molecule has 0 bridgehead atoms. The molecule has 1 aliphatic carbocycles. The highest BCUT2D eigenvalue weighted by Gasteiger charge is 2.15. The van der Waals surface area contributed by atoms with E-state index in [0.717, 1.165) is 10.9 Å². The SMILES string of the molecule is Cl.N[C@@H]1CCCc2cc(Br)ccc21. The van der Waals surface area contributed by atoms with Crippen LogP contribution in [0.4, 0.5) is 0 Å². The van der Waals surface area contributed by atoms with Crippen LogP contribution in [0.5, 0.6) is 0 Å². The number of hydrogen-bond acceptors (Lipinski definition) is 1. The highest BCUT2D eigenvalue weighted by Crippen LogP contribution is 2.29. The van der Waals surface area contributed by atoms with Crippen LogP contribution in [-0.2, 0) is 6.42 Å². The largest absolute Gasteiger partial charge is 0.324 e. The first-order valence-corrected chi connectivity index (χ1v) is 5.10. The second-order valence-corrected chi connectivity index (χ2v) is 4.26. The van der Waals surface area contributed by atoms with Crippen LogP contribution in [0, 0.1) is 0 Å². The molecule has 1 aromatic carbocycles. The van der Waals surface area contributed by atoms with Gasteiger partial charge in [-0.15, -0.1) is 12.4 Å². The monoisotopic (exact) mass is 261 g/mol. The van der Waals surface area contributed by atoms with Gasteiger partial charge in [0.15, 0.2) is 0 Å². The van der Waals surface area contributed by atoms with Crippen molar-refractivity contribution in [1.29, 1.82) is 0 Å². The van der Waals surface area contributed by atoms with E-state index in [2.05, 4.69) is 34.1 Å². The lowest BCUT2D eigenvalue weighted by atomic mass is 9.88. The Hall–Kier alpha value is -0.0500. The van der Waals surface area contributed by atoms with Gasteiger partial charge in [-0.3, -0.25) is 0 Å². The van der Waals surface area contributed by atoms with Gasteiger partial charge in [-0.2, -0.15) is 0 Å². The summed E-state index contributed by atoms with van der Waals surface area (Å²) in [6.45, 7) is 0. The lowest BCUT2D eigenvalue weighted by Crippen LogP contribution is -2.17. The van der Waals surface area contributed by atoms with Gasteiger partial charge in [0.05, 0.1) is 0 Å². The number of hydrogen-bond donors (Lipinski definition) is 1. The van der Waals surface area contributed by atoms with E-state index in [1.807, 2.05) is 0 Å². The van der Waals surface area contributed by atoms with Crippen molar-refractivity contribution < 1.29 is 0 Å². The van der Waals surface area contributed by atoms with Crippen LogP contribution in [0.15, 0.2) is 22.7 Å². The molecule has 0 saturated carbocycles. The van der Waals surface area contributed by atoms with E-state index >= 15 is 0 Å². The fourth-order valence-corrected chi connectivity index (χ4v) is 2.23. The van der Waals surface area contributed by atoms with Crippen molar-refractivity contribution in [3.63, 3.8) is 0 Å². The predicted octanol–water partition coefficient (Wildman–Crippen LogP) is 3.21. The molecule has 0 amide bonds. The molecule has 0 aromatic heterocycles. The summed E-state index contributed by atoms with van der Waals surface area (Å²) >= 11 is 3.47. The molecule has 0 saturated heterocycles. The van der Waals surface area contributed by atoms with Crippen LogP contribution < -0.4 is 5.73 Å². The number of benzene rings is 1. The molecule has 0 aliphatic heterocycles. The molecule has 3 heteroatoms. The topological polar surface area (TPSA) is 26.0 Å². The van der Waals surface area contributed by atoms with Crippen molar-refractivity contribution in [1.82, 2.24) is 0 Å². The third-order valence-corrected chi connectivity index (χ3v) is 2.96. The average molecular weight is 263 g/mol. The maximum atomic E-state index is 5.98. The third kappa shape index (κ3) is 2.25. The van der Waals surface area contributed by atoms with Gasteiger partial charge in [0, 0.05) is 10.5 Å². The standard InChI is InChI=1S/C10H12BrN.ClH/c11-8-4-5-9-7(6-8)2-1-3-10(9)12;/h4-6,10H,1-3,12H2;1H/t10-;/m1./s1. The fraction of sp³-hybridized carbons (Fsp3) is 0.400. The summed E-state index contributed by atoms with van der Waals surface area (Å²) in [7, 11) is 0. The van der Waals surface area contributed by atoms with Crippen LogP contribution in [0.25, 0.3) is 0 Å². The van der Waals surface area contributed by atoms with Gasteiger partial charge in [-0.05, 0) is 42.5 Å². The Morgan fingerprint density at radius 1 is 1.38 bits per heavy atom. The van der Waals surface area contributed by atoms with Crippen LogP contribution >= 0.6 is 28.3 Å². The predicted molar refractivity (Wildman–Crippen MR) is 61.3 cm³/mol. The molecule has 0 fully saturated rings. The molecule has 0 heterocycles. The van der Waals surface area contributed by atoms with E-state index < -0.39 is 0 Å². The van der Waals surface area contributed by atoms with Crippen molar-refractivity contribution >= 4 is 28.3 Å². The number of aryl methyl sites for hydroxylation is 1. The lowest BCUT2D eigenvalue weighted by molar-refractivity contribution is 0.570. The normalized spacial score (nSPS) is 20.3. The average Bonchev–Trinajstić information content (AvgIpc) is 2.04. The smallest absolute Gasteiger partial charge is 0.0297 e. The van der Waals surface area contributed by atoms with Gasteiger partial charge >= 0.3 is 0 Å². The number of rotatable bonds is 0. The molecule has 2 rings (SSSR count). The first kappa shape index (κ1) is 11.0. The van der Waals surface area contributed by atoms with Crippen LogP contribution in [0.1, 0.15) is 30.0 Å². The van der Waals surface area contributed by atoms with Gasteiger partial charge < -0.3 is 5.73 Å². The minimum atomic E-state index is 0. The molecule has 72 valence electrons. The van der Waals surface area contributed by atoms with Gasteiger partial charge in [0.25, 0.3) is 0 Å². The Labute approximate surface area is 93.2 Å². The first-order chi connectivity index (χ1) is 5.77. The summed E-state index contributed by atoms with van der Waals surface area (Å²) in [6.07, 6.45) is 3.54. The summed E-state index contributed by atoms with van der Waals surface area (Å²) < 4.78 is 1.16. The Balaban J connectivity index is 0.000000845. The minimum Gasteiger partial charge on any atom is -0.324 e. The van der Waals surface area contributed by atoms with Gasteiger partial charge in [0.1, 0.15) is 0 Å². The Kier molecular flexibility index (Phi) is 3.77. The fourth-order valence-electron chi connectivity index (χ4n) is 1.82. The molecule has 1 aromatic rings. The van der Waals surface area contributed by atoms with Crippen molar-refractivity contribution in [3.05, 3.63) is 33.8 Å². The van der Waals surface area contributed by atoms with Crippen LogP contribution in [0.3, 0.4) is 0 Å². The van der Waals surface area contributed by atoms with Crippen LogP contribution in [0.2, 0.25) is 0 Å². The first-order valence-electron chi connectivity index (χ1n) is 4.31. The maximum absolute atomic E-state index is 5.98. The summed E-state index contributed by atoms with van der Waals surface area (Å²) in [4.78, 5) is 0. The molecule has 0 unspecified atom stereocenters. The van der Waals surface area contributed by atoms with Gasteiger partial charge in [-0.1, -0.05) is 22.0 Å². The summed E-state index contributed by atoms with van der Waals surface area (Å²) in [5, 5.41) is 0. The second kappa shape index (κ2) is 4.45. The van der Waals surface area contributed by atoms with E-state index in [9.17, 15) is 0 Å². The molecular formula is C10H13BrClN. The molecule has 0 radical (unpaired) electrons. The molecular weight excluding hydrogens is 249 g/mol. The number of nitrogens with two attached hydrogens (primary N) is 1. The van der Waals surface area contributed by atoms with E-state index in [0.29, 0.717) is 0 Å². The Bertz CT molecular complexity index is 301. The van der Waals surface area contributed by atoms with Crippen LogP contribution in [-0.4, -0.2) is 0 Å². The van der Waals surface area contributed by atoms with Gasteiger partial charge in [-0.25, -0.2) is 0 Å². The zero-order valence-corrected chi connectivity index (χ0v) is 9.70. The quantitative estimate of drug-likeness (QED) is 0.763. The molecule has 0 spiro atoms. The third-order valence-electron chi connectivity index (χ3n) is 2.47. The lowest BCUT2D eigenvalue weighted by Gasteiger charge is -2.21.